The molecule has 1 N–H and O–H groups in total. The number of amides is 2. The number of nitrogens with one attached hydrogen (secondary N) is 1. The lowest BCUT2D eigenvalue weighted by atomic mass is 10.2. The van der Waals surface area contributed by atoms with E-state index in [9.17, 15) is 9.59 Å². The third kappa shape index (κ3) is 3.40. The van der Waals surface area contributed by atoms with Crippen LogP contribution in [-0.4, -0.2) is 70.9 Å². The zero-order valence-electron chi connectivity index (χ0n) is 20.4. The number of thiazole rings is 1. The first-order valence-electron chi connectivity index (χ1n) is 12.7. The van der Waals surface area contributed by atoms with Crippen molar-refractivity contribution < 1.29 is 9.59 Å². The van der Waals surface area contributed by atoms with Crippen LogP contribution in [0.4, 0.5) is 11.1 Å². The number of carbonyl (C=O) groups excluding carboxylic acids is 2. The van der Waals surface area contributed by atoms with Crippen molar-refractivity contribution in [2.45, 2.75) is 57.7 Å². The van der Waals surface area contributed by atoms with Gasteiger partial charge >= 0.3 is 0 Å². The summed E-state index contributed by atoms with van der Waals surface area (Å²) in [4.78, 5) is 44.0. The quantitative estimate of drug-likeness (QED) is 0.411. The van der Waals surface area contributed by atoms with E-state index >= 15 is 0 Å². The van der Waals surface area contributed by atoms with Crippen molar-refractivity contribution in [2.75, 3.05) is 18.4 Å². The summed E-state index contributed by atoms with van der Waals surface area (Å²) >= 11 is 1.39. The van der Waals surface area contributed by atoms with Gasteiger partial charge in [-0.2, -0.15) is 0 Å². The first kappa shape index (κ1) is 21.8. The number of likely N-dealkylation sites (tertiary alicyclic amines) is 1. The zero-order valence-corrected chi connectivity index (χ0v) is 21.2. The molecule has 36 heavy (non-hydrogen) atoms. The van der Waals surface area contributed by atoms with Crippen LogP contribution in [-0.2, 0) is 13.6 Å². The SMILES string of the molecule is CCn1c(C(=O)N(C2CC2)C2CC2)cc2c3c(cnc21)nc(Nc1nc(C(=O)N2CCC2)cs1)n3C. The van der Waals surface area contributed by atoms with Crippen LogP contribution in [0, 0.1) is 0 Å². The molecule has 2 aliphatic carbocycles. The summed E-state index contributed by atoms with van der Waals surface area (Å²) in [5.74, 6) is 0.716. The molecule has 2 amide bonds. The van der Waals surface area contributed by atoms with Crippen LogP contribution in [0.2, 0.25) is 0 Å². The molecule has 5 heterocycles. The smallest absolute Gasteiger partial charge is 0.273 e. The minimum atomic E-state index is -0.0222. The molecule has 0 unspecified atom stereocenters. The van der Waals surface area contributed by atoms with Crippen LogP contribution in [0.15, 0.2) is 17.6 Å². The molecule has 0 aromatic carbocycles. The molecule has 0 atom stereocenters. The minimum Gasteiger partial charge on any atom is -0.337 e. The number of pyridine rings is 1. The first-order valence-corrected chi connectivity index (χ1v) is 13.6. The second-order valence-electron chi connectivity index (χ2n) is 9.98. The predicted octanol–water partition coefficient (Wildman–Crippen LogP) is 3.76. The lowest BCUT2D eigenvalue weighted by molar-refractivity contribution is 0.0646. The average molecular weight is 505 g/mol. The van der Waals surface area contributed by atoms with Gasteiger partial charge in [-0.25, -0.2) is 15.0 Å². The maximum atomic E-state index is 13.7. The topological polar surface area (TPSA) is 101 Å². The summed E-state index contributed by atoms with van der Waals surface area (Å²) in [6, 6.07) is 2.78. The second-order valence-corrected chi connectivity index (χ2v) is 10.8. The van der Waals surface area contributed by atoms with Crippen molar-refractivity contribution in [2.24, 2.45) is 7.05 Å². The molecule has 4 aromatic rings. The number of carbonyl (C=O) groups is 2. The number of hydrogen-bond donors (Lipinski definition) is 1. The number of hydrogen-bond acceptors (Lipinski definition) is 7. The van der Waals surface area contributed by atoms with Crippen LogP contribution in [0.1, 0.15) is 60.0 Å². The number of nitrogens with zero attached hydrogens (tertiary/aromatic N) is 7. The van der Waals surface area contributed by atoms with Crippen molar-refractivity contribution in [3.63, 3.8) is 0 Å². The van der Waals surface area contributed by atoms with Gasteiger partial charge in [-0.05, 0) is 45.1 Å². The highest BCUT2D eigenvalue weighted by molar-refractivity contribution is 7.14. The van der Waals surface area contributed by atoms with Crippen LogP contribution in [0.25, 0.3) is 22.1 Å². The molecule has 10 nitrogen and oxygen atoms in total. The third-order valence-corrected chi connectivity index (χ3v) is 8.25. The van der Waals surface area contributed by atoms with E-state index in [1.807, 2.05) is 22.2 Å². The maximum Gasteiger partial charge on any atom is 0.273 e. The highest BCUT2D eigenvalue weighted by Gasteiger charge is 2.43. The molecule has 2 saturated carbocycles. The highest BCUT2D eigenvalue weighted by atomic mass is 32.1. The number of anilines is 2. The molecule has 3 aliphatic rings. The van der Waals surface area contributed by atoms with E-state index in [1.165, 1.54) is 11.3 Å². The Morgan fingerprint density at radius 3 is 2.56 bits per heavy atom. The zero-order chi connectivity index (χ0) is 24.6. The summed E-state index contributed by atoms with van der Waals surface area (Å²) in [6.07, 6.45) is 7.25. The first-order chi connectivity index (χ1) is 17.5. The Hall–Kier alpha value is -3.47. The van der Waals surface area contributed by atoms with Crippen molar-refractivity contribution in [3.05, 3.63) is 29.0 Å². The molecule has 11 heteroatoms. The normalized spacial score (nSPS) is 17.6. The molecular weight excluding hydrogens is 476 g/mol. The second kappa shape index (κ2) is 8.02. The summed E-state index contributed by atoms with van der Waals surface area (Å²) in [5.41, 5.74) is 3.63. The van der Waals surface area contributed by atoms with E-state index in [2.05, 4.69) is 22.1 Å². The Bertz CT molecular complexity index is 1510. The molecule has 0 bridgehead atoms. The lowest BCUT2D eigenvalue weighted by Gasteiger charge is -2.29. The minimum absolute atomic E-state index is 0.0222. The van der Waals surface area contributed by atoms with Crippen molar-refractivity contribution in [1.29, 1.82) is 0 Å². The molecule has 1 saturated heterocycles. The van der Waals surface area contributed by atoms with Gasteiger partial charge in [0.15, 0.2) is 5.13 Å². The van der Waals surface area contributed by atoms with E-state index in [1.54, 1.807) is 16.5 Å². The van der Waals surface area contributed by atoms with Gasteiger partial charge < -0.3 is 24.3 Å². The Balaban J connectivity index is 1.25. The number of rotatable bonds is 7. The van der Waals surface area contributed by atoms with Gasteiger partial charge in [-0.15, -0.1) is 11.3 Å². The van der Waals surface area contributed by atoms with Gasteiger partial charge in [0, 0.05) is 49.5 Å². The van der Waals surface area contributed by atoms with Gasteiger partial charge in [0.05, 0.1) is 11.7 Å². The van der Waals surface area contributed by atoms with E-state index in [4.69, 9.17) is 9.97 Å². The van der Waals surface area contributed by atoms with Crippen molar-refractivity contribution in [3.8, 4) is 0 Å². The highest BCUT2D eigenvalue weighted by Crippen LogP contribution is 2.39. The number of aromatic nitrogens is 5. The molecule has 186 valence electrons. The van der Waals surface area contributed by atoms with Crippen LogP contribution in [0.5, 0.6) is 0 Å². The van der Waals surface area contributed by atoms with E-state index < -0.39 is 0 Å². The summed E-state index contributed by atoms with van der Waals surface area (Å²) in [7, 11) is 1.95. The Morgan fingerprint density at radius 1 is 1.17 bits per heavy atom. The fourth-order valence-electron chi connectivity index (χ4n) is 5.19. The Kier molecular flexibility index (Phi) is 4.85. The predicted molar refractivity (Wildman–Crippen MR) is 138 cm³/mol. The van der Waals surface area contributed by atoms with Crippen LogP contribution in [0.3, 0.4) is 0 Å². The monoisotopic (exact) mass is 504 g/mol. The van der Waals surface area contributed by atoms with Gasteiger partial charge in [0.2, 0.25) is 5.95 Å². The molecule has 4 aromatic heterocycles. The standard InChI is InChI=1S/C25H28N8O2S/c1-3-32-19(23(35)33(14-5-6-14)15-7-8-15)11-16-20-17(12-26-21(16)32)27-24(30(20)2)29-25-28-18(13-36-25)22(34)31-9-4-10-31/h11-15H,3-10H2,1-2H3,(H,27,28,29). The molecule has 0 spiro atoms. The Labute approximate surface area is 211 Å². The molecule has 3 fully saturated rings. The van der Waals surface area contributed by atoms with Gasteiger partial charge in [0.25, 0.3) is 11.8 Å². The summed E-state index contributed by atoms with van der Waals surface area (Å²) < 4.78 is 4.01. The maximum absolute atomic E-state index is 13.7. The van der Waals surface area contributed by atoms with Crippen molar-refractivity contribution in [1.82, 2.24) is 33.9 Å². The Morgan fingerprint density at radius 2 is 1.92 bits per heavy atom. The summed E-state index contributed by atoms with van der Waals surface area (Å²) in [6.45, 7) is 4.32. The van der Waals surface area contributed by atoms with E-state index in [0.717, 1.165) is 67.3 Å². The van der Waals surface area contributed by atoms with Crippen LogP contribution >= 0.6 is 11.3 Å². The average Bonchev–Trinajstić information content (AvgIpc) is 3.74. The molecule has 0 radical (unpaired) electrons. The number of imidazole rings is 1. The van der Waals surface area contributed by atoms with E-state index in [-0.39, 0.29) is 11.8 Å². The van der Waals surface area contributed by atoms with E-state index in [0.29, 0.717) is 41.1 Å². The van der Waals surface area contributed by atoms with Crippen LogP contribution < -0.4 is 5.32 Å². The molecular formula is C25H28N8O2S. The number of aryl methyl sites for hydroxylation is 2. The third-order valence-electron chi connectivity index (χ3n) is 7.49. The van der Waals surface area contributed by atoms with Gasteiger partial charge in [-0.1, -0.05) is 0 Å². The lowest BCUT2D eigenvalue weighted by Crippen LogP contribution is -2.42. The fourth-order valence-corrected chi connectivity index (χ4v) is 5.86. The van der Waals surface area contributed by atoms with Crippen molar-refractivity contribution >= 4 is 56.3 Å². The fraction of sp³-hybridized carbons (Fsp3) is 0.480. The number of fused-ring (bicyclic) bond motifs is 3. The van der Waals surface area contributed by atoms with Gasteiger partial charge in [0.1, 0.15) is 22.6 Å². The van der Waals surface area contributed by atoms with Gasteiger partial charge in [-0.3, -0.25) is 9.59 Å². The molecule has 7 rings (SSSR count). The summed E-state index contributed by atoms with van der Waals surface area (Å²) in [5, 5.41) is 6.60. The largest absolute Gasteiger partial charge is 0.337 e. The molecule has 1 aliphatic heterocycles.